The van der Waals surface area contributed by atoms with Crippen molar-refractivity contribution >= 4 is 29.1 Å². The number of hydrogen-bond acceptors (Lipinski definition) is 23. The molecular weight excluding hydrogens is 989 g/mol. The van der Waals surface area contributed by atoms with Crippen LogP contribution in [0, 0.1) is 0 Å². The molecule has 6 aliphatic rings. The molecule has 0 bridgehead atoms. The Labute approximate surface area is 430 Å². The van der Waals surface area contributed by atoms with Crippen molar-refractivity contribution in [1.29, 1.82) is 0 Å². The van der Waals surface area contributed by atoms with E-state index in [9.17, 15) is 54.6 Å². The molecule has 9 N–H and O–H groups in total. The number of fused-ring (bicyclic) bond motifs is 3. The number of nitrogens with zero attached hydrogens (tertiary/aromatic N) is 3. The second-order valence-corrected chi connectivity index (χ2v) is 20.0. The molecule has 9 rings (SSSR count). The lowest BCUT2D eigenvalue weighted by atomic mass is 9.67. The number of aromatic hydroxyl groups is 2. The van der Waals surface area contributed by atoms with Crippen LogP contribution in [0.25, 0.3) is 0 Å². The average molecular weight is 1060 g/mol. The zero-order valence-electron chi connectivity index (χ0n) is 42.5. The highest BCUT2D eigenvalue weighted by Gasteiger charge is 2.54. The molecule has 24 nitrogen and oxygen atoms in total. The van der Waals surface area contributed by atoms with Gasteiger partial charge in [0.15, 0.2) is 36.7 Å². The van der Waals surface area contributed by atoms with Gasteiger partial charge in [0.2, 0.25) is 5.78 Å². The van der Waals surface area contributed by atoms with E-state index in [1.54, 1.807) is 27.7 Å². The average Bonchev–Trinajstić information content (AvgIpc) is 3.66. The zero-order valence-corrected chi connectivity index (χ0v) is 42.5. The maximum atomic E-state index is 13.9. The van der Waals surface area contributed by atoms with Crippen LogP contribution in [0.4, 0.5) is 5.82 Å². The normalized spacial score (nSPS) is 35.5. The number of phenolic OH excluding ortho intramolecular Hbond substituents is 2. The number of aliphatic hydroxyl groups is 5. The molecule has 0 spiro atoms. The van der Waals surface area contributed by atoms with Crippen LogP contribution in [0.15, 0.2) is 41.3 Å². The van der Waals surface area contributed by atoms with E-state index in [4.69, 9.17) is 48.7 Å². The van der Waals surface area contributed by atoms with E-state index in [0.717, 1.165) is 4.57 Å². The number of carbonyl (C=O) groups excluding carboxylic acids is 4. The predicted molar refractivity (Wildman–Crippen MR) is 257 cm³/mol. The van der Waals surface area contributed by atoms with Crippen molar-refractivity contribution in [3.8, 4) is 11.5 Å². The van der Waals surface area contributed by atoms with Gasteiger partial charge >= 0.3 is 11.7 Å². The third-order valence-corrected chi connectivity index (χ3v) is 15.1. The molecule has 4 fully saturated rings. The fourth-order valence-corrected chi connectivity index (χ4v) is 11.0. The number of nitrogen functional groups attached to an aromatic ring is 1. The molecule has 1 aromatic heterocycles. The molecule has 2 aliphatic carbocycles. The van der Waals surface area contributed by atoms with Gasteiger partial charge in [0.25, 0.3) is 0 Å². The largest absolute Gasteiger partial charge is 0.507 e. The standard InChI is InChI=1S/C42H53NO15.C9H13N3O5/c1-8-42(51)17-28(33-22(35(42)41(50)52-7)14-23-34(38(33)49)37(48)32-21(36(23)47)10-9-11-26(32)45)56-30-15-24(43(5)6)39(19(3)54-30)58-31-16-27(46)40(20(4)55-31)57-29-13-12-25(44)18(2)53-29;10-5-1-2-12(9(16)11-5)8-7(15)6(14)4(3-13)17-8/h9-11,14,18-20,24,27-31,35,39-40,45-46,49,51H,8,12-13,15-17H2,1-7H3;1-2,4,6-8,13-15H,3H2,(H2,10,11,16)/t18-,19-,20-,24-,27-,28-,29-,30-,31-,35-,39+,40+,42+;4-,6-,7+,8-/m01/s1. The number of rotatable bonds is 11. The molecule has 0 amide bonds. The number of methoxy groups -OCH3 is 1. The molecule has 3 aromatic rings. The highest BCUT2D eigenvalue weighted by atomic mass is 16.7. The van der Waals surface area contributed by atoms with Gasteiger partial charge in [0.1, 0.15) is 59.9 Å². The quantitative estimate of drug-likeness (QED) is 0.0953. The summed E-state index contributed by atoms with van der Waals surface area (Å²) in [7, 11) is 4.91. The number of likely N-dealkylation sites (N-methyl/N-ethyl adjacent to an activating group) is 1. The van der Waals surface area contributed by atoms with Crippen LogP contribution in [0.5, 0.6) is 11.5 Å². The number of ketones is 3. The summed E-state index contributed by atoms with van der Waals surface area (Å²) >= 11 is 0. The van der Waals surface area contributed by atoms with E-state index >= 15 is 0 Å². The number of esters is 1. The Hall–Kier alpha value is -5.32. The van der Waals surface area contributed by atoms with Gasteiger partial charge in [0, 0.05) is 61.0 Å². The van der Waals surface area contributed by atoms with Crippen LogP contribution >= 0.6 is 0 Å². The van der Waals surface area contributed by atoms with Crippen molar-refractivity contribution in [2.45, 2.75) is 170 Å². The minimum Gasteiger partial charge on any atom is -0.507 e. The van der Waals surface area contributed by atoms with Crippen LogP contribution in [0.2, 0.25) is 0 Å². The van der Waals surface area contributed by atoms with Gasteiger partial charge in [-0.2, -0.15) is 4.98 Å². The summed E-state index contributed by atoms with van der Waals surface area (Å²) in [5, 5.41) is 74.0. The number of aliphatic hydroxyl groups excluding tert-OH is 4. The smallest absolute Gasteiger partial charge is 0.351 e. The highest BCUT2D eigenvalue weighted by Crippen LogP contribution is 2.54. The Morgan fingerprint density at radius 2 is 1.56 bits per heavy atom. The lowest BCUT2D eigenvalue weighted by molar-refractivity contribution is -0.324. The molecule has 24 heteroatoms. The fourth-order valence-electron chi connectivity index (χ4n) is 11.0. The summed E-state index contributed by atoms with van der Waals surface area (Å²) in [5.74, 6) is -4.54. The minimum absolute atomic E-state index is 0.00573. The Morgan fingerprint density at radius 1 is 0.880 bits per heavy atom. The molecule has 75 heavy (non-hydrogen) atoms. The number of carbonyl (C=O) groups is 4. The summed E-state index contributed by atoms with van der Waals surface area (Å²) in [6.45, 7) is 6.50. The highest BCUT2D eigenvalue weighted by molar-refractivity contribution is 6.30. The van der Waals surface area contributed by atoms with Gasteiger partial charge in [-0.3, -0.25) is 23.7 Å². The van der Waals surface area contributed by atoms with E-state index < -0.39 is 139 Å². The van der Waals surface area contributed by atoms with Crippen molar-refractivity contribution in [2.75, 3.05) is 33.5 Å². The number of anilines is 1. The lowest BCUT2D eigenvalue weighted by Gasteiger charge is -2.48. The summed E-state index contributed by atoms with van der Waals surface area (Å²) in [5.41, 5.74) is 2.13. The predicted octanol–water partition coefficient (Wildman–Crippen LogP) is 0.595. The third kappa shape index (κ3) is 10.7. The number of hydrogen-bond donors (Lipinski definition) is 8. The van der Waals surface area contributed by atoms with Crippen molar-refractivity contribution in [2.24, 2.45) is 0 Å². The molecule has 17 atom stereocenters. The topological polar surface area (TPSA) is 348 Å². The number of ether oxygens (including phenoxy) is 8. The fraction of sp³-hybridized carbons (Fsp3) is 0.608. The zero-order chi connectivity index (χ0) is 54.5. The number of benzene rings is 2. The molecule has 4 saturated heterocycles. The first-order chi connectivity index (χ1) is 35.5. The maximum Gasteiger partial charge on any atom is 0.351 e. The molecule has 0 radical (unpaired) electrons. The number of aromatic nitrogens is 2. The molecule has 410 valence electrons. The Morgan fingerprint density at radius 3 is 2.17 bits per heavy atom. The van der Waals surface area contributed by atoms with E-state index in [2.05, 4.69) is 4.98 Å². The lowest BCUT2D eigenvalue weighted by Crippen LogP contribution is -2.58. The van der Waals surface area contributed by atoms with Crippen molar-refractivity contribution in [3.63, 3.8) is 0 Å². The molecule has 0 unspecified atom stereocenters. The molecule has 5 heterocycles. The molecule has 2 aromatic carbocycles. The summed E-state index contributed by atoms with van der Waals surface area (Å²) in [6, 6.07) is 6.48. The number of Topliss-reactive ketones (excluding diaryl/α,β-unsaturated/α-hetero) is 1. The van der Waals surface area contributed by atoms with Crippen molar-refractivity contribution in [3.05, 3.63) is 80.4 Å². The van der Waals surface area contributed by atoms with Crippen LogP contribution in [-0.4, -0.2) is 187 Å². The SMILES string of the molecule is CC[C@@]1(O)C[C@H](O[C@H]2C[C@H](N(C)C)[C@H](O[C@H]3C[C@H](O)[C@H](O[C@H]4CCC(=O)[C@H](C)O4)[C@H](C)O3)[C@H](C)O2)c2c(cc3c(c2O)C(=O)c2c(O)cccc2C3=O)[C@H]1C(=O)OC.Nc1ccn([C@@H]2O[C@H](CO)[C@@H](O)[C@@H]2O)c(=O)n1. The third-order valence-electron chi connectivity index (χ3n) is 15.1. The molecule has 0 saturated carbocycles. The van der Waals surface area contributed by atoms with Gasteiger partial charge in [0.05, 0.1) is 54.9 Å². The van der Waals surface area contributed by atoms with Gasteiger partial charge < -0.3 is 84.3 Å². The van der Waals surface area contributed by atoms with Crippen LogP contribution in [-0.2, 0) is 47.5 Å². The first-order valence-electron chi connectivity index (χ1n) is 24.9. The van der Waals surface area contributed by atoms with Gasteiger partial charge in [-0.25, -0.2) is 4.79 Å². The van der Waals surface area contributed by atoms with E-state index in [0.29, 0.717) is 12.8 Å². The number of nitrogens with two attached hydrogens (primary N) is 1. The van der Waals surface area contributed by atoms with Gasteiger partial charge in [-0.15, -0.1) is 0 Å². The van der Waals surface area contributed by atoms with E-state index in [1.807, 2.05) is 19.0 Å². The number of phenols is 2. The Bertz CT molecular complexity index is 2690. The van der Waals surface area contributed by atoms with Crippen molar-refractivity contribution in [1.82, 2.24) is 14.5 Å². The molecular formula is C51H66N4O20. The summed E-state index contributed by atoms with van der Waals surface area (Å²) in [4.78, 5) is 70.0. The second kappa shape index (κ2) is 22.3. The second-order valence-electron chi connectivity index (χ2n) is 20.0. The first kappa shape index (κ1) is 55.9. The first-order valence-corrected chi connectivity index (χ1v) is 24.9. The summed E-state index contributed by atoms with van der Waals surface area (Å²) in [6.07, 6.45) is -9.91. The minimum atomic E-state index is -1.76. The summed E-state index contributed by atoms with van der Waals surface area (Å²) < 4.78 is 48.8. The van der Waals surface area contributed by atoms with E-state index in [1.165, 1.54) is 43.6 Å². The van der Waals surface area contributed by atoms with Gasteiger partial charge in [-0.05, 0) is 65.0 Å². The van der Waals surface area contributed by atoms with E-state index in [-0.39, 0.29) is 76.7 Å². The maximum absolute atomic E-state index is 13.9. The Kier molecular flexibility index (Phi) is 16.6. The van der Waals surface area contributed by atoms with Crippen LogP contribution in [0.3, 0.4) is 0 Å². The monoisotopic (exact) mass is 1050 g/mol. The van der Waals surface area contributed by atoms with Crippen LogP contribution < -0.4 is 11.4 Å². The Balaban J connectivity index is 0.000000371. The van der Waals surface area contributed by atoms with Gasteiger partial charge in [-0.1, -0.05) is 19.1 Å². The van der Waals surface area contributed by atoms with Crippen LogP contribution in [0.1, 0.15) is 127 Å². The molecule has 4 aliphatic heterocycles. The van der Waals surface area contributed by atoms with Crippen molar-refractivity contribution < 1.29 is 92.8 Å².